The van der Waals surface area contributed by atoms with E-state index in [2.05, 4.69) is 34.0 Å². The van der Waals surface area contributed by atoms with E-state index in [0.29, 0.717) is 0 Å². The fourth-order valence-electron chi connectivity index (χ4n) is 3.07. The lowest BCUT2D eigenvalue weighted by Crippen LogP contribution is -2.38. The second-order valence-electron chi connectivity index (χ2n) is 4.64. The molecule has 0 N–H and O–H groups in total. The maximum atomic E-state index is 2.68. The number of rotatable bonds is 1. The van der Waals surface area contributed by atoms with Crippen molar-refractivity contribution in [3.8, 4) is 0 Å². The fourth-order valence-corrected chi connectivity index (χ4v) is 3.07. The van der Waals surface area contributed by atoms with Gasteiger partial charge in [0.2, 0.25) is 0 Å². The minimum absolute atomic E-state index is 0.768. The van der Waals surface area contributed by atoms with Gasteiger partial charge in [-0.15, -0.1) is 0 Å². The predicted molar refractivity (Wildman–Crippen MR) is 57.3 cm³/mol. The zero-order chi connectivity index (χ0) is 9.38. The molecule has 2 atom stereocenters. The molecule has 2 fully saturated rings. The van der Waals surface area contributed by atoms with Crippen molar-refractivity contribution in [2.24, 2.45) is 0 Å². The summed E-state index contributed by atoms with van der Waals surface area (Å²) in [4.78, 5) is 2.68. The van der Waals surface area contributed by atoms with Crippen LogP contribution in [0.2, 0.25) is 0 Å². The van der Waals surface area contributed by atoms with Crippen molar-refractivity contribution in [2.75, 3.05) is 13.1 Å². The normalized spacial score (nSPS) is 33.1. The van der Waals surface area contributed by atoms with Crippen LogP contribution in [0.15, 0.2) is 24.5 Å². The van der Waals surface area contributed by atoms with Crippen molar-refractivity contribution in [3.05, 3.63) is 24.5 Å². The third-order valence-electron chi connectivity index (χ3n) is 3.84. The summed E-state index contributed by atoms with van der Waals surface area (Å²) < 4.78 is 2.40. The molecule has 3 heterocycles. The number of fused-ring (bicyclic) bond motifs is 1. The molecule has 0 amide bonds. The number of hydrogen-bond acceptors (Lipinski definition) is 1. The standard InChI is InChI=1S/C12H18N2/c1-2-7-13(6-1)12-5-9-14-8-3-4-11(14)10-12/h1-2,6-7,11-12H,3-5,8-10H2. The van der Waals surface area contributed by atoms with Crippen LogP contribution in [0.3, 0.4) is 0 Å². The quantitative estimate of drug-likeness (QED) is 0.659. The third kappa shape index (κ3) is 1.38. The smallest absolute Gasteiger partial charge is 0.0357 e. The lowest BCUT2D eigenvalue weighted by molar-refractivity contribution is 0.155. The molecule has 0 saturated carbocycles. The molecule has 2 saturated heterocycles. The number of piperidine rings is 1. The zero-order valence-electron chi connectivity index (χ0n) is 8.60. The van der Waals surface area contributed by atoms with E-state index in [0.717, 1.165) is 12.1 Å². The Balaban J connectivity index is 1.73. The van der Waals surface area contributed by atoms with Gasteiger partial charge in [-0.25, -0.2) is 0 Å². The molecule has 2 aliphatic rings. The minimum Gasteiger partial charge on any atom is -0.351 e. The van der Waals surface area contributed by atoms with E-state index in [-0.39, 0.29) is 0 Å². The molecule has 76 valence electrons. The van der Waals surface area contributed by atoms with Crippen LogP contribution in [-0.4, -0.2) is 28.6 Å². The molecule has 14 heavy (non-hydrogen) atoms. The number of aromatic nitrogens is 1. The Bertz CT molecular complexity index is 291. The van der Waals surface area contributed by atoms with E-state index in [1.165, 1.54) is 38.8 Å². The highest BCUT2D eigenvalue weighted by molar-refractivity contribution is 4.96. The van der Waals surface area contributed by atoms with Crippen LogP contribution < -0.4 is 0 Å². The topological polar surface area (TPSA) is 8.17 Å². The van der Waals surface area contributed by atoms with Crippen LogP contribution in [0.25, 0.3) is 0 Å². The Morgan fingerprint density at radius 2 is 1.79 bits per heavy atom. The maximum absolute atomic E-state index is 2.68. The summed E-state index contributed by atoms with van der Waals surface area (Å²) >= 11 is 0. The molecular formula is C12H18N2. The summed E-state index contributed by atoms with van der Waals surface area (Å²) in [5.41, 5.74) is 0. The molecule has 1 aromatic heterocycles. The maximum Gasteiger partial charge on any atom is 0.0357 e. The molecule has 0 bridgehead atoms. The summed E-state index contributed by atoms with van der Waals surface area (Å²) in [6.07, 6.45) is 9.99. The van der Waals surface area contributed by atoms with E-state index in [1.54, 1.807) is 0 Å². The van der Waals surface area contributed by atoms with Gasteiger partial charge in [0.05, 0.1) is 0 Å². The minimum atomic E-state index is 0.768. The van der Waals surface area contributed by atoms with E-state index in [9.17, 15) is 0 Å². The lowest BCUT2D eigenvalue weighted by Gasteiger charge is -2.35. The summed E-state index contributed by atoms with van der Waals surface area (Å²) in [5, 5.41) is 0. The van der Waals surface area contributed by atoms with Gasteiger partial charge in [-0.05, 0) is 44.4 Å². The van der Waals surface area contributed by atoms with Crippen LogP contribution in [0, 0.1) is 0 Å². The van der Waals surface area contributed by atoms with Crippen LogP contribution >= 0.6 is 0 Å². The Kier molecular flexibility index (Phi) is 2.09. The highest BCUT2D eigenvalue weighted by atomic mass is 15.2. The molecule has 0 aliphatic carbocycles. The van der Waals surface area contributed by atoms with E-state index >= 15 is 0 Å². The predicted octanol–water partition coefficient (Wildman–Crippen LogP) is 2.29. The van der Waals surface area contributed by atoms with Gasteiger partial charge in [0.1, 0.15) is 0 Å². The van der Waals surface area contributed by atoms with Gasteiger partial charge in [-0.2, -0.15) is 0 Å². The average molecular weight is 190 g/mol. The first-order valence-electron chi connectivity index (χ1n) is 5.80. The van der Waals surface area contributed by atoms with Crippen LogP contribution in [0.5, 0.6) is 0 Å². The van der Waals surface area contributed by atoms with Gasteiger partial charge < -0.3 is 9.47 Å². The third-order valence-corrected chi connectivity index (χ3v) is 3.84. The van der Waals surface area contributed by atoms with E-state index in [1.807, 2.05) is 0 Å². The molecule has 0 aromatic carbocycles. The number of hydrogen-bond donors (Lipinski definition) is 0. The highest BCUT2D eigenvalue weighted by Crippen LogP contribution is 2.32. The average Bonchev–Trinajstić information content (AvgIpc) is 2.88. The molecule has 2 heteroatoms. The molecule has 0 radical (unpaired) electrons. The Morgan fingerprint density at radius 3 is 2.64 bits per heavy atom. The summed E-state index contributed by atoms with van der Waals surface area (Å²) in [6, 6.07) is 5.93. The summed E-state index contributed by atoms with van der Waals surface area (Å²) in [6.45, 7) is 2.66. The largest absolute Gasteiger partial charge is 0.351 e. The van der Waals surface area contributed by atoms with Crippen molar-refractivity contribution < 1.29 is 0 Å². The monoisotopic (exact) mass is 190 g/mol. The molecule has 1 aromatic rings. The molecule has 0 spiro atoms. The SMILES string of the molecule is c1ccn(C2CCN3CCCC3C2)c1. The van der Waals surface area contributed by atoms with Crippen molar-refractivity contribution in [3.63, 3.8) is 0 Å². The van der Waals surface area contributed by atoms with Crippen molar-refractivity contribution in [2.45, 2.75) is 37.8 Å². The number of nitrogens with zero attached hydrogens (tertiary/aromatic N) is 2. The lowest BCUT2D eigenvalue weighted by atomic mass is 9.97. The van der Waals surface area contributed by atoms with Crippen molar-refractivity contribution >= 4 is 0 Å². The van der Waals surface area contributed by atoms with Crippen LogP contribution in [-0.2, 0) is 0 Å². The van der Waals surface area contributed by atoms with Crippen LogP contribution in [0.4, 0.5) is 0 Å². The van der Waals surface area contributed by atoms with E-state index in [4.69, 9.17) is 0 Å². The van der Waals surface area contributed by atoms with Gasteiger partial charge >= 0.3 is 0 Å². The van der Waals surface area contributed by atoms with Gasteiger partial charge in [0, 0.05) is 31.0 Å². The highest BCUT2D eigenvalue weighted by Gasteiger charge is 2.31. The van der Waals surface area contributed by atoms with Gasteiger partial charge in [-0.3, -0.25) is 0 Å². The molecule has 2 aliphatic heterocycles. The Labute approximate surface area is 85.5 Å². The first-order chi connectivity index (χ1) is 6.93. The molecule has 2 unspecified atom stereocenters. The van der Waals surface area contributed by atoms with Crippen molar-refractivity contribution in [1.82, 2.24) is 9.47 Å². The van der Waals surface area contributed by atoms with Gasteiger partial charge in [0.25, 0.3) is 0 Å². The summed E-state index contributed by atoms with van der Waals surface area (Å²) in [5.74, 6) is 0. The first-order valence-corrected chi connectivity index (χ1v) is 5.80. The zero-order valence-corrected chi connectivity index (χ0v) is 8.60. The molecule has 3 rings (SSSR count). The Morgan fingerprint density at radius 1 is 0.929 bits per heavy atom. The first kappa shape index (κ1) is 8.54. The van der Waals surface area contributed by atoms with Gasteiger partial charge in [-0.1, -0.05) is 0 Å². The van der Waals surface area contributed by atoms with Crippen molar-refractivity contribution in [1.29, 1.82) is 0 Å². The Hall–Kier alpha value is -0.760. The van der Waals surface area contributed by atoms with E-state index < -0.39 is 0 Å². The second-order valence-corrected chi connectivity index (χ2v) is 4.64. The molecular weight excluding hydrogens is 172 g/mol. The van der Waals surface area contributed by atoms with Crippen LogP contribution in [0.1, 0.15) is 31.7 Å². The summed E-state index contributed by atoms with van der Waals surface area (Å²) in [7, 11) is 0. The fraction of sp³-hybridized carbons (Fsp3) is 0.667. The molecule has 2 nitrogen and oxygen atoms in total. The second kappa shape index (κ2) is 3.43. The van der Waals surface area contributed by atoms with Gasteiger partial charge in [0.15, 0.2) is 0 Å².